The summed E-state index contributed by atoms with van der Waals surface area (Å²) in [7, 11) is 1.46. The van der Waals surface area contributed by atoms with E-state index < -0.39 is 284 Å². The van der Waals surface area contributed by atoms with E-state index >= 15 is 14.4 Å². The molecule has 7 aliphatic heterocycles. The molecule has 696 valence electrons. The van der Waals surface area contributed by atoms with Crippen molar-refractivity contribution in [1.29, 1.82) is 0 Å². The van der Waals surface area contributed by atoms with Crippen molar-refractivity contribution in [1.82, 2.24) is 42.5 Å². The van der Waals surface area contributed by atoms with Gasteiger partial charge >= 0.3 is 12.1 Å². The van der Waals surface area contributed by atoms with Gasteiger partial charge in [0.15, 0.2) is 30.1 Å². The van der Waals surface area contributed by atoms with Crippen molar-refractivity contribution >= 4 is 82.4 Å². The molecular weight excluding hydrogens is 1770 g/mol. The number of likely N-dealkylation sites (N-methyl/N-ethyl adjacent to an activating group) is 1. The molecule has 7 aliphatic rings. The number of benzene rings is 6. The Bertz CT molecular complexity index is 5300. The van der Waals surface area contributed by atoms with Crippen LogP contribution in [0.4, 0.5) is 13.2 Å². The number of carbonyl (C=O) groups excluding carboxylic acids is 7. The van der Waals surface area contributed by atoms with Crippen molar-refractivity contribution in [2.45, 2.75) is 207 Å². The summed E-state index contributed by atoms with van der Waals surface area (Å²) in [5.41, 5.74) is 8.09. The quantitative estimate of drug-likeness (QED) is 0.0433. The fraction of sp³-hybridized carbons (Fsp3) is 0.435. The maximum Gasteiger partial charge on any atom is 0.416 e. The van der Waals surface area contributed by atoms with Crippen molar-refractivity contribution in [3.8, 4) is 67.6 Å². The summed E-state index contributed by atoms with van der Waals surface area (Å²) in [5.74, 6) is -14.9. The molecule has 44 heteroatoms. The van der Waals surface area contributed by atoms with Gasteiger partial charge in [-0.05, 0) is 147 Å². The molecule has 8 heterocycles. The smallest absolute Gasteiger partial charge is 0.416 e. The van der Waals surface area contributed by atoms with E-state index in [1.807, 2.05) is 0 Å². The summed E-state index contributed by atoms with van der Waals surface area (Å²) in [6.45, 7) is 6.54. The van der Waals surface area contributed by atoms with E-state index in [1.165, 1.54) is 69.5 Å². The van der Waals surface area contributed by atoms with Crippen LogP contribution in [-0.2, 0) is 74.8 Å². The summed E-state index contributed by atoms with van der Waals surface area (Å²) in [6, 6.07) is 8.55. The molecule has 6 aromatic carbocycles. The molecular formula is C85H97Cl2F3N10O28S. The Kier molecular flexibility index (Phi) is 30.8. The number of ether oxygens (including phenoxy) is 8. The van der Waals surface area contributed by atoms with Gasteiger partial charge in [0.1, 0.15) is 114 Å². The molecule has 0 spiro atoms. The van der Waals surface area contributed by atoms with E-state index in [9.17, 15) is 98.4 Å². The number of aliphatic hydroxyl groups is 8. The van der Waals surface area contributed by atoms with Gasteiger partial charge in [0.2, 0.25) is 53.9 Å². The molecule has 9 bridgehead atoms. The van der Waals surface area contributed by atoms with Gasteiger partial charge < -0.3 is 153 Å². The number of thiophene rings is 1. The largest absolute Gasteiger partial charge is 0.508 e. The first-order valence-corrected chi connectivity index (χ1v) is 42.0. The van der Waals surface area contributed by atoms with Crippen LogP contribution in [0.1, 0.15) is 122 Å². The molecule has 0 radical (unpaired) electrons. The predicted molar refractivity (Wildman–Crippen MR) is 448 cm³/mol. The van der Waals surface area contributed by atoms with Crippen LogP contribution in [0.2, 0.25) is 10.0 Å². The van der Waals surface area contributed by atoms with Gasteiger partial charge in [0, 0.05) is 57.6 Å². The van der Waals surface area contributed by atoms with Crippen LogP contribution in [0.15, 0.2) is 115 Å². The van der Waals surface area contributed by atoms with E-state index in [2.05, 4.69) is 42.5 Å². The number of halogens is 5. The number of alkyl halides is 3. The molecule has 7 amide bonds. The van der Waals surface area contributed by atoms with Gasteiger partial charge in [-0.15, -0.1) is 11.3 Å². The first-order valence-electron chi connectivity index (χ1n) is 40.4. The summed E-state index contributed by atoms with van der Waals surface area (Å²) in [6.07, 6.45) is -33.9. The molecule has 38 nitrogen and oxygen atoms in total. The Balaban J connectivity index is 1.00. The average molecular weight is 1870 g/mol. The third-order valence-corrected chi connectivity index (χ3v) is 24.1. The number of carboxylic acid groups (broad SMARTS) is 1. The standard InChI is InChI=1S/C85H97Cl2F3N10O28S/c1-33(2)19-48(93-6)76(114)100-64-66(107)38-10-16-52(46(86)21-38)122-54-23-40-24-55(73(54)127-83-71(112)69(110)74(57(31-101)125-83)128-82-70(111)68(109)67(108)56(124-82)30-94-29-43-14-18-58(129-43)36-7-12-41(13-8-36)85(88,89)90)123-53-17-11-39(22-47(53)87)72(126-60-28-84(5,92)75(113)35(4)121-60)65(95-32-102)80(118)99-63(81(119)120)45-25-42(103)26-51(105)61(45)44-20-37(9-15-50(44)104)34(3)96-78(116)62(40)98-77(115)49(27-59(91)106)97-79(64)117/h7-18,20-26,32-35,48-49,56-57,60,62-72,74-75,82-83,93-94,101,103-105,107-113H,19,27-31,92H2,1-6H3,(H2,91,106)(H,95,102)(H,96,116)(H,97,117)(H,98,115)(H,99,118)(H,100,114)(H,119,120)/t34?,35-,48+,49?,56+,57+,60?,62+,63?,64?,65-,66+,67-,68-,69+,70+,71+,72+,74+,75-,82-,83-,84-/m0/s1. The maximum absolute atomic E-state index is 16.0. The lowest BCUT2D eigenvalue weighted by molar-refractivity contribution is -0.350. The van der Waals surface area contributed by atoms with E-state index in [-0.39, 0.29) is 54.9 Å². The second-order valence-corrected chi connectivity index (χ2v) is 34.4. The number of rotatable bonds is 22. The lowest BCUT2D eigenvalue weighted by atomic mass is 9.86. The number of phenols is 3. The maximum atomic E-state index is 16.0. The number of carboxylic acids is 1. The number of hydrogen-bond donors (Lipinski definition) is 22. The third-order valence-electron chi connectivity index (χ3n) is 22.4. The Morgan fingerprint density at radius 1 is 0.698 bits per heavy atom. The molecule has 3 saturated heterocycles. The molecule has 0 saturated carbocycles. The van der Waals surface area contributed by atoms with Crippen LogP contribution >= 0.6 is 34.5 Å². The van der Waals surface area contributed by atoms with Gasteiger partial charge in [0.05, 0.1) is 52.9 Å². The number of amides is 7. The number of phenolic OH excluding ortho intramolecular Hbond substituents is 3. The molecule has 129 heavy (non-hydrogen) atoms. The summed E-state index contributed by atoms with van der Waals surface area (Å²) >= 11 is 15.7. The van der Waals surface area contributed by atoms with Gasteiger partial charge in [-0.1, -0.05) is 67.4 Å². The zero-order valence-electron chi connectivity index (χ0n) is 69.4. The van der Waals surface area contributed by atoms with Gasteiger partial charge in [-0.2, -0.15) is 13.2 Å². The fourth-order valence-corrected chi connectivity index (χ4v) is 17.0. The lowest BCUT2D eigenvalue weighted by Crippen LogP contribution is -2.65. The normalized spacial score (nSPS) is 29.0. The van der Waals surface area contributed by atoms with Crippen LogP contribution in [-0.4, -0.2) is 239 Å². The molecule has 23 atom stereocenters. The second kappa shape index (κ2) is 40.8. The highest BCUT2D eigenvalue weighted by Gasteiger charge is 2.53. The van der Waals surface area contributed by atoms with E-state index in [0.29, 0.717) is 15.3 Å². The number of primary amides is 1. The minimum Gasteiger partial charge on any atom is -0.508 e. The van der Waals surface area contributed by atoms with E-state index in [1.54, 1.807) is 26.0 Å². The van der Waals surface area contributed by atoms with Crippen molar-refractivity contribution in [2.75, 3.05) is 20.2 Å². The Hall–Kier alpha value is -10.7. The molecule has 14 rings (SSSR count). The van der Waals surface area contributed by atoms with Crippen LogP contribution in [0.5, 0.6) is 46.0 Å². The van der Waals surface area contributed by atoms with Gasteiger partial charge in [0.25, 0.3) is 0 Å². The van der Waals surface area contributed by atoms with Gasteiger partial charge in [-0.25, -0.2) is 4.79 Å². The van der Waals surface area contributed by atoms with Crippen LogP contribution in [0.25, 0.3) is 21.6 Å². The summed E-state index contributed by atoms with van der Waals surface area (Å²) in [5, 5.41) is 159. The second-order valence-electron chi connectivity index (χ2n) is 32.4. The number of carbonyl (C=O) groups is 8. The van der Waals surface area contributed by atoms with Crippen LogP contribution in [0.3, 0.4) is 0 Å². The molecule has 1 aromatic heterocycles. The first kappa shape index (κ1) is 97.4. The van der Waals surface area contributed by atoms with Crippen LogP contribution in [0, 0.1) is 5.92 Å². The Labute approximate surface area is 747 Å². The number of aliphatic hydroxyl groups excluding tert-OH is 8. The number of hydrogen-bond acceptors (Lipinski definition) is 31. The zero-order chi connectivity index (χ0) is 93.9. The number of nitrogens with two attached hydrogens (primary N) is 2. The lowest BCUT2D eigenvalue weighted by Gasteiger charge is -2.46. The van der Waals surface area contributed by atoms with E-state index in [4.69, 9.17) is 72.6 Å². The minimum absolute atomic E-state index is 0.0150. The summed E-state index contributed by atoms with van der Waals surface area (Å²) in [4.78, 5) is 117. The highest BCUT2D eigenvalue weighted by molar-refractivity contribution is 7.15. The highest BCUT2D eigenvalue weighted by Crippen LogP contribution is 2.51. The number of aliphatic carboxylic acids is 1. The number of nitrogens with one attached hydrogen (secondary N) is 8. The van der Waals surface area contributed by atoms with Crippen molar-refractivity contribution < 1.29 is 151 Å². The Morgan fingerprint density at radius 3 is 1.95 bits per heavy atom. The topological polar surface area (TPSA) is 601 Å². The minimum atomic E-state index is -4.56. The van der Waals surface area contributed by atoms with Crippen molar-refractivity contribution in [2.24, 2.45) is 17.4 Å². The number of fused-ring (bicyclic) bond motifs is 16. The predicted octanol–water partition coefficient (Wildman–Crippen LogP) is 3.11. The van der Waals surface area contributed by atoms with Crippen LogP contribution < -0.4 is 68.2 Å². The zero-order valence-corrected chi connectivity index (χ0v) is 71.7. The monoisotopic (exact) mass is 1860 g/mol. The average Bonchev–Trinajstić information content (AvgIpc) is 1.25. The molecule has 7 aromatic rings. The van der Waals surface area contributed by atoms with Crippen molar-refractivity contribution in [3.05, 3.63) is 164 Å². The first-order chi connectivity index (χ1) is 60.9. The molecule has 5 unspecified atom stereocenters. The van der Waals surface area contributed by atoms with E-state index in [0.717, 1.165) is 72.8 Å². The number of aromatic hydroxyl groups is 3. The molecule has 24 N–H and O–H groups in total. The molecule has 0 aliphatic carbocycles. The van der Waals surface area contributed by atoms with Crippen molar-refractivity contribution in [3.63, 3.8) is 0 Å². The van der Waals surface area contributed by atoms with Gasteiger partial charge in [-0.3, -0.25) is 33.6 Å². The summed E-state index contributed by atoms with van der Waals surface area (Å²) < 4.78 is 91.0. The third kappa shape index (κ3) is 22.2. The fourth-order valence-electron chi connectivity index (χ4n) is 15.6. The Morgan fingerprint density at radius 2 is 1.33 bits per heavy atom. The molecule has 3 fully saturated rings. The highest BCUT2D eigenvalue weighted by atomic mass is 35.5. The SMILES string of the molecule is CN[C@H](CC(C)C)C(=O)NC1C(=O)NC(CC(N)=O)C(=O)N[C@H]2C(=O)NC(C)c3ccc(O)c(c3)-c3c(O)cc(O)cc3C(C(=O)O)NC(=O)[C@@H](NC=O)[C@H](OC3C[C@](C)(N)[C@@H](O)[C@H](C)O3)c3ccc(c(Cl)c3)Oc3cc2cc(c3O[C@@H]2O[C@H](CO)[C@@H](O[C@@H]3O[C@H](CNCc4ccc(-c5ccc(C(F)(F)F)cc5)s4)[C@H](O)[C@H](O)[C@H]3O)[C@H](O)[C@H]2O)Oc2ccc(cc2Cl)[C@H]1O.